The fourth-order valence-corrected chi connectivity index (χ4v) is 2.04. The van der Waals surface area contributed by atoms with Gasteiger partial charge in [-0.3, -0.25) is 4.79 Å². The minimum absolute atomic E-state index is 0.412. The van der Waals surface area contributed by atoms with E-state index in [-0.39, 0.29) is 0 Å². The third-order valence-electron chi connectivity index (χ3n) is 2.26. The van der Waals surface area contributed by atoms with Crippen LogP contribution < -0.4 is 5.73 Å². The lowest BCUT2D eigenvalue weighted by Crippen LogP contribution is -2.12. The molecule has 12 heavy (non-hydrogen) atoms. The number of nitrogens with two attached hydrogens (primary N) is 1. The van der Waals surface area contributed by atoms with Gasteiger partial charge in [-0.15, -0.1) is 11.3 Å². The zero-order valence-electron chi connectivity index (χ0n) is 6.62. The van der Waals surface area contributed by atoms with E-state index in [1.807, 2.05) is 5.38 Å². The summed E-state index contributed by atoms with van der Waals surface area (Å²) in [5.41, 5.74) is 6.15. The third-order valence-corrected chi connectivity index (χ3v) is 3.13. The number of carbonyl (C=O) groups is 1. The largest absolute Gasteiger partial charge is 0.364 e. The summed E-state index contributed by atoms with van der Waals surface area (Å²) in [7, 11) is 0. The molecule has 1 aromatic rings. The van der Waals surface area contributed by atoms with Gasteiger partial charge in [-0.1, -0.05) is 6.42 Å². The number of primary amides is 1. The molecule has 1 saturated carbocycles. The molecule has 3 nitrogen and oxygen atoms in total. The molecule has 1 fully saturated rings. The Labute approximate surface area is 74.6 Å². The Morgan fingerprint density at radius 3 is 2.83 bits per heavy atom. The van der Waals surface area contributed by atoms with Gasteiger partial charge in [0.1, 0.15) is 0 Å². The summed E-state index contributed by atoms with van der Waals surface area (Å²) in [5.74, 6) is 0.180. The van der Waals surface area contributed by atoms with Crippen LogP contribution >= 0.6 is 11.3 Å². The molecule has 1 aromatic heterocycles. The minimum atomic E-state index is -0.412. The molecule has 0 spiro atoms. The molecule has 2 rings (SSSR count). The first-order valence-corrected chi connectivity index (χ1v) is 4.90. The van der Waals surface area contributed by atoms with E-state index < -0.39 is 5.91 Å². The highest BCUT2D eigenvalue weighted by Crippen LogP contribution is 2.36. The van der Waals surface area contributed by atoms with Crippen LogP contribution in [0, 0.1) is 0 Å². The quantitative estimate of drug-likeness (QED) is 0.753. The van der Waals surface area contributed by atoms with Gasteiger partial charge in [-0.25, -0.2) is 4.98 Å². The van der Waals surface area contributed by atoms with Crippen molar-refractivity contribution >= 4 is 17.2 Å². The standard InChI is InChI=1S/C8H10N2OS/c9-7(11)8-10-6(4-12-8)5-2-1-3-5/h4-5H,1-3H2,(H2,9,11). The van der Waals surface area contributed by atoms with Crippen LogP contribution in [0.3, 0.4) is 0 Å². The normalized spacial score (nSPS) is 17.3. The van der Waals surface area contributed by atoms with Crippen molar-refractivity contribution in [2.75, 3.05) is 0 Å². The van der Waals surface area contributed by atoms with Crippen LogP contribution in [0.4, 0.5) is 0 Å². The molecule has 1 aliphatic carbocycles. The zero-order chi connectivity index (χ0) is 8.55. The first-order valence-electron chi connectivity index (χ1n) is 4.02. The summed E-state index contributed by atoms with van der Waals surface area (Å²) in [6.07, 6.45) is 3.71. The number of hydrogen-bond donors (Lipinski definition) is 1. The van der Waals surface area contributed by atoms with E-state index in [2.05, 4.69) is 4.98 Å². The van der Waals surface area contributed by atoms with Gasteiger partial charge in [-0.05, 0) is 12.8 Å². The summed E-state index contributed by atoms with van der Waals surface area (Å²) in [6.45, 7) is 0. The molecular formula is C8H10N2OS. The van der Waals surface area contributed by atoms with Gasteiger partial charge >= 0.3 is 0 Å². The summed E-state index contributed by atoms with van der Waals surface area (Å²) < 4.78 is 0. The maximum absolute atomic E-state index is 10.7. The van der Waals surface area contributed by atoms with Crippen molar-refractivity contribution in [3.8, 4) is 0 Å². The minimum Gasteiger partial charge on any atom is -0.364 e. The molecule has 0 saturated heterocycles. The fourth-order valence-electron chi connectivity index (χ4n) is 1.29. The molecule has 2 N–H and O–H groups in total. The Kier molecular flexibility index (Phi) is 1.84. The van der Waals surface area contributed by atoms with Crippen molar-refractivity contribution in [1.29, 1.82) is 0 Å². The van der Waals surface area contributed by atoms with Crippen molar-refractivity contribution in [2.45, 2.75) is 25.2 Å². The predicted molar refractivity (Wildman–Crippen MR) is 47.2 cm³/mol. The van der Waals surface area contributed by atoms with Crippen LogP contribution in [-0.2, 0) is 0 Å². The molecule has 1 heterocycles. The van der Waals surface area contributed by atoms with Gasteiger partial charge in [0.2, 0.25) is 0 Å². The molecule has 0 unspecified atom stereocenters. The first-order chi connectivity index (χ1) is 5.77. The Morgan fingerprint density at radius 2 is 2.42 bits per heavy atom. The highest BCUT2D eigenvalue weighted by molar-refractivity contribution is 7.11. The van der Waals surface area contributed by atoms with Crippen LogP contribution in [0.5, 0.6) is 0 Å². The SMILES string of the molecule is NC(=O)c1nc(C2CCC2)cs1. The second-order valence-electron chi connectivity index (χ2n) is 3.07. The molecule has 64 valence electrons. The summed E-state index contributed by atoms with van der Waals surface area (Å²) >= 11 is 1.35. The lowest BCUT2D eigenvalue weighted by atomic mass is 9.83. The van der Waals surface area contributed by atoms with Gasteiger partial charge in [0.25, 0.3) is 5.91 Å². The van der Waals surface area contributed by atoms with Crippen LogP contribution in [0.25, 0.3) is 0 Å². The van der Waals surface area contributed by atoms with Gasteiger partial charge in [0, 0.05) is 11.3 Å². The van der Waals surface area contributed by atoms with Gasteiger partial charge in [0.15, 0.2) is 5.01 Å². The molecule has 0 radical (unpaired) electrons. The molecule has 0 aliphatic heterocycles. The van der Waals surface area contributed by atoms with Crippen molar-refractivity contribution < 1.29 is 4.79 Å². The Bertz CT molecular complexity index is 304. The first kappa shape index (κ1) is 7.73. The summed E-state index contributed by atoms with van der Waals surface area (Å²) in [5, 5.41) is 2.39. The van der Waals surface area contributed by atoms with Crippen LogP contribution in [0.2, 0.25) is 0 Å². The van der Waals surface area contributed by atoms with E-state index in [1.165, 1.54) is 30.6 Å². The molecule has 0 atom stereocenters. The third kappa shape index (κ3) is 1.22. The number of rotatable bonds is 2. The number of hydrogen-bond acceptors (Lipinski definition) is 3. The second-order valence-corrected chi connectivity index (χ2v) is 3.93. The zero-order valence-corrected chi connectivity index (χ0v) is 7.43. The van der Waals surface area contributed by atoms with Crippen molar-refractivity contribution in [3.63, 3.8) is 0 Å². The van der Waals surface area contributed by atoms with E-state index in [9.17, 15) is 4.79 Å². The van der Waals surface area contributed by atoms with Gasteiger partial charge in [-0.2, -0.15) is 0 Å². The monoisotopic (exact) mass is 182 g/mol. The molecule has 1 aliphatic rings. The maximum Gasteiger partial charge on any atom is 0.277 e. The van der Waals surface area contributed by atoms with E-state index in [0.29, 0.717) is 10.9 Å². The van der Waals surface area contributed by atoms with Gasteiger partial charge in [0.05, 0.1) is 5.69 Å². The second kappa shape index (κ2) is 2.86. The van der Waals surface area contributed by atoms with E-state index in [0.717, 1.165) is 5.69 Å². The van der Waals surface area contributed by atoms with Crippen molar-refractivity contribution in [3.05, 3.63) is 16.1 Å². The summed E-state index contributed by atoms with van der Waals surface area (Å²) in [4.78, 5) is 14.9. The Morgan fingerprint density at radius 1 is 1.67 bits per heavy atom. The lowest BCUT2D eigenvalue weighted by molar-refractivity contribution is 0.0999. The number of nitrogens with zero attached hydrogens (tertiary/aromatic N) is 1. The predicted octanol–water partition coefficient (Wildman–Crippen LogP) is 1.51. The number of carbonyl (C=O) groups excluding carboxylic acids is 1. The lowest BCUT2D eigenvalue weighted by Gasteiger charge is -2.22. The number of thiazole rings is 1. The van der Waals surface area contributed by atoms with Crippen LogP contribution in [0.1, 0.15) is 40.7 Å². The molecule has 1 amide bonds. The van der Waals surface area contributed by atoms with Gasteiger partial charge < -0.3 is 5.73 Å². The smallest absolute Gasteiger partial charge is 0.277 e. The average molecular weight is 182 g/mol. The fraction of sp³-hybridized carbons (Fsp3) is 0.500. The maximum atomic E-state index is 10.7. The molecule has 0 bridgehead atoms. The van der Waals surface area contributed by atoms with Crippen molar-refractivity contribution in [2.24, 2.45) is 5.73 Å². The topological polar surface area (TPSA) is 56.0 Å². The molecule has 0 aromatic carbocycles. The Balaban J connectivity index is 2.17. The van der Waals surface area contributed by atoms with Crippen LogP contribution in [-0.4, -0.2) is 10.9 Å². The summed E-state index contributed by atoms with van der Waals surface area (Å²) in [6, 6.07) is 0. The average Bonchev–Trinajstić information content (AvgIpc) is 2.32. The van der Waals surface area contributed by atoms with Crippen LogP contribution in [0.15, 0.2) is 5.38 Å². The molecular weight excluding hydrogens is 172 g/mol. The number of amides is 1. The van der Waals surface area contributed by atoms with Crippen molar-refractivity contribution in [1.82, 2.24) is 4.98 Å². The number of aromatic nitrogens is 1. The van der Waals surface area contributed by atoms with E-state index >= 15 is 0 Å². The molecule has 4 heteroatoms. The van der Waals surface area contributed by atoms with E-state index in [1.54, 1.807) is 0 Å². The van der Waals surface area contributed by atoms with E-state index in [4.69, 9.17) is 5.73 Å². The highest BCUT2D eigenvalue weighted by atomic mass is 32.1. The Hall–Kier alpha value is -0.900. The highest BCUT2D eigenvalue weighted by Gasteiger charge is 2.22.